The van der Waals surface area contributed by atoms with Gasteiger partial charge in [0.25, 0.3) is 5.56 Å². The molecule has 1 aromatic rings. The second-order valence-electron chi connectivity index (χ2n) is 8.13. The Kier molecular flexibility index (Phi) is 4.14. The minimum absolute atomic E-state index is 0.0255. The lowest BCUT2D eigenvalue weighted by molar-refractivity contribution is -0.127. The van der Waals surface area contributed by atoms with Gasteiger partial charge >= 0.3 is 0 Å². The van der Waals surface area contributed by atoms with Gasteiger partial charge in [-0.05, 0) is 35.7 Å². The van der Waals surface area contributed by atoms with E-state index in [0.717, 1.165) is 17.7 Å². The minimum Gasteiger partial charge on any atom is -0.334 e. The standard InChI is InChI=1S/C19H27N3O2/c1-13-5-8-19(4,18(13,2)3)9-6-17(24)22-10-7-15-14(12-22)11-16(23)21-20-15/h6,9,11,13H,5,7-8,10,12H2,1-4H3,(H,21,23)/b9-6+. The first-order chi connectivity index (χ1) is 11.2. The predicted molar refractivity (Wildman–Crippen MR) is 93.4 cm³/mol. The molecule has 1 N–H and O–H groups in total. The molecule has 2 heterocycles. The van der Waals surface area contributed by atoms with Gasteiger partial charge in [0.15, 0.2) is 0 Å². The van der Waals surface area contributed by atoms with Gasteiger partial charge in [-0.15, -0.1) is 0 Å². The van der Waals surface area contributed by atoms with Gasteiger partial charge in [0.2, 0.25) is 5.91 Å². The van der Waals surface area contributed by atoms with E-state index >= 15 is 0 Å². The molecule has 0 saturated heterocycles. The number of amides is 1. The molecule has 2 unspecified atom stereocenters. The van der Waals surface area contributed by atoms with Crippen LogP contribution in [0.25, 0.3) is 0 Å². The van der Waals surface area contributed by atoms with Crippen molar-refractivity contribution in [3.63, 3.8) is 0 Å². The van der Waals surface area contributed by atoms with E-state index in [0.29, 0.717) is 25.4 Å². The molecule has 0 radical (unpaired) electrons. The van der Waals surface area contributed by atoms with Crippen LogP contribution in [0.3, 0.4) is 0 Å². The molecule has 24 heavy (non-hydrogen) atoms. The van der Waals surface area contributed by atoms with Gasteiger partial charge in [0.1, 0.15) is 0 Å². The molecule has 1 aliphatic heterocycles. The third-order valence-corrected chi connectivity index (χ3v) is 6.66. The number of aromatic nitrogens is 2. The van der Waals surface area contributed by atoms with E-state index in [4.69, 9.17) is 0 Å². The molecule has 3 rings (SSSR count). The fourth-order valence-electron chi connectivity index (χ4n) is 3.96. The Balaban J connectivity index is 1.73. The summed E-state index contributed by atoms with van der Waals surface area (Å²) < 4.78 is 0. The number of nitrogens with one attached hydrogen (secondary N) is 1. The van der Waals surface area contributed by atoms with Crippen molar-refractivity contribution in [2.24, 2.45) is 16.7 Å². The molecule has 0 spiro atoms. The van der Waals surface area contributed by atoms with Gasteiger partial charge in [-0.25, -0.2) is 5.10 Å². The van der Waals surface area contributed by atoms with Gasteiger partial charge in [-0.1, -0.05) is 33.8 Å². The summed E-state index contributed by atoms with van der Waals surface area (Å²) in [6, 6.07) is 1.55. The first-order valence-corrected chi connectivity index (χ1v) is 8.78. The second kappa shape index (κ2) is 5.87. The van der Waals surface area contributed by atoms with E-state index in [1.165, 1.54) is 6.42 Å². The summed E-state index contributed by atoms with van der Waals surface area (Å²) in [6.45, 7) is 10.3. The van der Waals surface area contributed by atoms with Crippen molar-refractivity contribution in [3.8, 4) is 0 Å². The zero-order chi connectivity index (χ0) is 17.5. The van der Waals surface area contributed by atoms with Gasteiger partial charge in [-0.2, -0.15) is 5.10 Å². The highest BCUT2D eigenvalue weighted by Gasteiger charge is 2.47. The maximum absolute atomic E-state index is 12.6. The Bertz CT molecular complexity index is 734. The Morgan fingerprint density at radius 3 is 2.83 bits per heavy atom. The van der Waals surface area contributed by atoms with E-state index in [9.17, 15) is 9.59 Å². The molecule has 5 nitrogen and oxygen atoms in total. The Morgan fingerprint density at radius 1 is 1.42 bits per heavy atom. The summed E-state index contributed by atoms with van der Waals surface area (Å²) in [4.78, 5) is 25.8. The van der Waals surface area contributed by atoms with Crippen LogP contribution in [0, 0.1) is 16.7 Å². The normalized spacial score (nSPS) is 29.0. The molecular weight excluding hydrogens is 302 g/mol. The number of allylic oxidation sites excluding steroid dienone is 1. The lowest BCUT2D eigenvalue weighted by Gasteiger charge is -2.39. The number of carbonyl (C=O) groups is 1. The van der Waals surface area contributed by atoms with Crippen molar-refractivity contribution in [2.75, 3.05) is 6.54 Å². The summed E-state index contributed by atoms with van der Waals surface area (Å²) in [5, 5.41) is 6.53. The third kappa shape index (κ3) is 2.80. The van der Waals surface area contributed by atoms with Crippen LogP contribution in [-0.4, -0.2) is 27.5 Å². The average molecular weight is 329 g/mol. The zero-order valence-corrected chi connectivity index (χ0v) is 15.1. The molecule has 130 valence electrons. The van der Waals surface area contributed by atoms with Crippen molar-refractivity contribution in [3.05, 3.63) is 39.8 Å². The number of aromatic amines is 1. The molecule has 2 atom stereocenters. The number of H-pyrrole nitrogens is 1. The highest BCUT2D eigenvalue weighted by Crippen LogP contribution is 2.56. The molecule has 1 saturated carbocycles. The molecule has 1 aliphatic carbocycles. The summed E-state index contributed by atoms with van der Waals surface area (Å²) in [5.41, 5.74) is 1.77. The molecule has 0 aromatic carbocycles. The SMILES string of the molecule is CC1CCC(C)(/C=C/C(=O)N2CCc3n[nH]c(=O)cc3C2)C1(C)C. The van der Waals surface area contributed by atoms with Gasteiger partial charge < -0.3 is 4.90 Å². The van der Waals surface area contributed by atoms with Crippen molar-refractivity contribution in [1.82, 2.24) is 15.1 Å². The van der Waals surface area contributed by atoms with Crippen LogP contribution < -0.4 is 5.56 Å². The number of hydrogen-bond acceptors (Lipinski definition) is 3. The fraction of sp³-hybridized carbons (Fsp3) is 0.632. The first-order valence-electron chi connectivity index (χ1n) is 8.78. The molecule has 1 aromatic heterocycles. The second-order valence-corrected chi connectivity index (χ2v) is 8.13. The van der Waals surface area contributed by atoms with Crippen molar-refractivity contribution in [2.45, 2.75) is 53.5 Å². The van der Waals surface area contributed by atoms with E-state index in [-0.39, 0.29) is 22.3 Å². The van der Waals surface area contributed by atoms with Gasteiger partial charge in [0.05, 0.1) is 5.69 Å². The first kappa shape index (κ1) is 16.9. The van der Waals surface area contributed by atoms with Crippen LogP contribution >= 0.6 is 0 Å². The van der Waals surface area contributed by atoms with Crippen molar-refractivity contribution >= 4 is 5.91 Å². The maximum atomic E-state index is 12.6. The number of rotatable bonds is 2. The van der Waals surface area contributed by atoms with E-state index < -0.39 is 0 Å². The lowest BCUT2D eigenvalue weighted by Crippen LogP contribution is -2.37. The van der Waals surface area contributed by atoms with Crippen molar-refractivity contribution < 1.29 is 4.79 Å². The van der Waals surface area contributed by atoms with Crippen molar-refractivity contribution in [1.29, 1.82) is 0 Å². The lowest BCUT2D eigenvalue weighted by atomic mass is 9.66. The van der Waals surface area contributed by atoms with Crippen LogP contribution in [0.4, 0.5) is 0 Å². The quantitative estimate of drug-likeness (QED) is 0.848. The monoisotopic (exact) mass is 329 g/mol. The van der Waals surface area contributed by atoms with Crippen LogP contribution in [0.15, 0.2) is 23.0 Å². The number of nitrogens with zero attached hydrogens (tertiary/aromatic N) is 2. The third-order valence-electron chi connectivity index (χ3n) is 6.66. The summed E-state index contributed by atoms with van der Waals surface area (Å²) >= 11 is 0. The number of carbonyl (C=O) groups excluding carboxylic acids is 1. The minimum atomic E-state index is -0.215. The van der Waals surface area contributed by atoms with Gasteiger partial charge in [0, 0.05) is 31.1 Å². The highest BCUT2D eigenvalue weighted by atomic mass is 16.2. The topological polar surface area (TPSA) is 66.1 Å². The fourth-order valence-corrected chi connectivity index (χ4v) is 3.96. The Hall–Kier alpha value is -1.91. The number of hydrogen-bond donors (Lipinski definition) is 1. The predicted octanol–water partition coefficient (Wildman–Crippen LogP) is 2.67. The maximum Gasteiger partial charge on any atom is 0.264 e. The van der Waals surface area contributed by atoms with E-state index in [1.807, 2.05) is 0 Å². The van der Waals surface area contributed by atoms with Crippen LogP contribution in [0.2, 0.25) is 0 Å². The average Bonchev–Trinajstić information content (AvgIpc) is 2.75. The summed E-state index contributed by atoms with van der Waals surface area (Å²) in [5.74, 6) is 0.680. The Morgan fingerprint density at radius 2 is 2.17 bits per heavy atom. The van der Waals surface area contributed by atoms with E-state index in [2.05, 4.69) is 44.0 Å². The Labute approximate surface area is 143 Å². The van der Waals surface area contributed by atoms with Crippen LogP contribution in [-0.2, 0) is 17.8 Å². The molecule has 0 bridgehead atoms. The van der Waals surface area contributed by atoms with Gasteiger partial charge in [-0.3, -0.25) is 9.59 Å². The molecule has 2 aliphatic rings. The molecule has 5 heteroatoms. The summed E-state index contributed by atoms with van der Waals surface area (Å²) in [7, 11) is 0. The van der Waals surface area contributed by atoms with Crippen LogP contribution in [0.1, 0.15) is 51.8 Å². The highest BCUT2D eigenvalue weighted by molar-refractivity contribution is 5.87. The molecule has 1 amide bonds. The number of fused-ring (bicyclic) bond motifs is 1. The molecular formula is C19H27N3O2. The zero-order valence-electron chi connectivity index (χ0n) is 15.1. The smallest absolute Gasteiger partial charge is 0.264 e. The largest absolute Gasteiger partial charge is 0.334 e. The van der Waals surface area contributed by atoms with Crippen LogP contribution in [0.5, 0.6) is 0 Å². The summed E-state index contributed by atoms with van der Waals surface area (Å²) in [6.07, 6.45) is 6.86. The molecule has 1 fully saturated rings. The van der Waals surface area contributed by atoms with E-state index in [1.54, 1.807) is 17.0 Å².